The van der Waals surface area contributed by atoms with E-state index in [-0.39, 0.29) is 19.1 Å². The highest BCUT2D eigenvalue weighted by molar-refractivity contribution is 6.34. The fourth-order valence-corrected chi connectivity index (χ4v) is 2.31. The van der Waals surface area contributed by atoms with Crippen LogP contribution in [0.5, 0.6) is 5.75 Å². The molecular formula is C14H17Cl2NO4. The van der Waals surface area contributed by atoms with Gasteiger partial charge in [0.15, 0.2) is 6.61 Å². The van der Waals surface area contributed by atoms with Crippen LogP contribution >= 0.6 is 23.2 Å². The normalized spacial score (nSPS) is 17.3. The maximum absolute atomic E-state index is 11.7. The van der Waals surface area contributed by atoms with Crippen molar-refractivity contribution >= 4 is 29.1 Å². The Morgan fingerprint density at radius 2 is 2.10 bits per heavy atom. The molecule has 1 aliphatic rings. The van der Waals surface area contributed by atoms with Gasteiger partial charge in [-0.15, -0.1) is 0 Å². The lowest BCUT2D eigenvalue weighted by Crippen LogP contribution is -2.47. The van der Waals surface area contributed by atoms with E-state index in [1.807, 2.05) is 0 Å². The van der Waals surface area contributed by atoms with Gasteiger partial charge in [0.25, 0.3) is 5.91 Å². The Hall–Kier alpha value is -1.01. The van der Waals surface area contributed by atoms with Crippen LogP contribution in [0.2, 0.25) is 10.0 Å². The van der Waals surface area contributed by atoms with Gasteiger partial charge in [0.1, 0.15) is 5.75 Å². The SMILES string of the molecule is O=C(COc1cc(Cl)ccc1Cl)NCC1(O)CCOCC1. The molecule has 2 N–H and O–H groups in total. The highest BCUT2D eigenvalue weighted by Crippen LogP contribution is 2.27. The predicted molar refractivity (Wildman–Crippen MR) is 80.0 cm³/mol. The summed E-state index contributed by atoms with van der Waals surface area (Å²) >= 11 is 11.8. The fourth-order valence-electron chi connectivity index (χ4n) is 1.97. The summed E-state index contributed by atoms with van der Waals surface area (Å²) in [5.41, 5.74) is -0.901. The maximum atomic E-state index is 11.7. The van der Waals surface area contributed by atoms with Gasteiger partial charge in [0.2, 0.25) is 0 Å². The summed E-state index contributed by atoms with van der Waals surface area (Å²) in [4.78, 5) is 11.7. The second kappa shape index (κ2) is 7.31. The van der Waals surface area contributed by atoms with E-state index in [0.29, 0.717) is 41.9 Å². The quantitative estimate of drug-likeness (QED) is 0.865. The molecule has 2 rings (SSSR count). The van der Waals surface area contributed by atoms with Crippen molar-refractivity contribution in [1.82, 2.24) is 5.32 Å². The molecule has 0 unspecified atom stereocenters. The van der Waals surface area contributed by atoms with Crippen molar-refractivity contribution in [3.8, 4) is 5.75 Å². The molecule has 0 radical (unpaired) electrons. The molecule has 0 aromatic heterocycles. The summed E-state index contributed by atoms with van der Waals surface area (Å²) < 4.78 is 10.5. The number of carbonyl (C=O) groups is 1. The zero-order valence-corrected chi connectivity index (χ0v) is 12.9. The smallest absolute Gasteiger partial charge is 0.258 e. The van der Waals surface area contributed by atoms with Gasteiger partial charge in [-0.1, -0.05) is 23.2 Å². The molecule has 7 heteroatoms. The molecule has 1 saturated heterocycles. The topological polar surface area (TPSA) is 67.8 Å². The number of carbonyl (C=O) groups excluding carboxylic acids is 1. The first-order valence-electron chi connectivity index (χ1n) is 6.63. The molecule has 1 heterocycles. The molecule has 1 aliphatic heterocycles. The van der Waals surface area contributed by atoms with Gasteiger partial charge >= 0.3 is 0 Å². The van der Waals surface area contributed by atoms with Gasteiger partial charge in [0.05, 0.1) is 10.6 Å². The molecule has 1 amide bonds. The van der Waals surface area contributed by atoms with Crippen molar-refractivity contribution in [2.45, 2.75) is 18.4 Å². The molecule has 1 fully saturated rings. The van der Waals surface area contributed by atoms with E-state index in [0.717, 1.165) is 0 Å². The number of ether oxygens (including phenoxy) is 2. The van der Waals surface area contributed by atoms with E-state index in [4.69, 9.17) is 32.7 Å². The van der Waals surface area contributed by atoms with Crippen molar-refractivity contribution in [3.63, 3.8) is 0 Å². The third-order valence-corrected chi connectivity index (χ3v) is 3.84. The summed E-state index contributed by atoms with van der Waals surface area (Å²) in [6, 6.07) is 4.78. The van der Waals surface area contributed by atoms with Crippen LogP contribution < -0.4 is 10.1 Å². The Bertz CT molecular complexity index is 504. The van der Waals surface area contributed by atoms with Gasteiger partial charge in [-0.25, -0.2) is 0 Å². The molecular weight excluding hydrogens is 317 g/mol. The van der Waals surface area contributed by atoms with Gasteiger partial charge in [0, 0.05) is 43.7 Å². The lowest BCUT2D eigenvalue weighted by molar-refractivity contribution is -0.125. The van der Waals surface area contributed by atoms with E-state index in [2.05, 4.69) is 5.32 Å². The first-order valence-corrected chi connectivity index (χ1v) is 7.39. The average Bonchev–Trinajstić information content (AvgIpc) is 2.47. The zero-order valence-electron chi connectivity index (χ0n) is 11.4. The number of rotatable bonds is 5. The number of amides is 1. The molecule has 1 aromatic rings. The summed E-state index contributed by atoms with van der Waals surface area (Å²) in [5, 5.41) is 13.7. The highest BCUT2D eigenvalue weighted by atomic mass is 35.5. The summed E-state index contributed by atoms with van der Waals surface area (Å²) in [6.07, 6.45) is 1.02. The van der Waals surface area contributed by atoms with E-state index in [1.54, 1.807) is 18.2 Å². The Balaban J connectivity index is 1.78. The lowest BCUT2D eigenvalue weighted by atomic mass is 9.94. The number of nitrogens with one attached hydrogen (secondary N) is 1. The largest absolute Gasteiger partial charge is 0.482 e. The summed E-state index contributed by atoms with van der Waals surface area (Å²) in [6.45, 7) is 0.996. The number of hydrogen-bond acceptors (Lipinski definition) is 4. The van der Waals surface area contributed by atoms with E-state index < -0.39 is 5.60 Å². The predicted octanol–water partition coefficient (Wildman–Crippen LogP) is 2.03. The van der Waals surface area contributed by atoms with Crippen molar-refractivity contribution in [1.29, 1.82) is 0 Å². The van der Waals surface area contributed by atoms with Gasteiger partial charge in [-0.05, 0) is 12.1 Å². The van der Waals surface area contributed by atoms with Crippen LogP contribution in [0.25, 0.3) is 0 Å². The maximum Gasteiger partial charge on any atom is 0.258 e. The number of aliphatic hydroxyl groups is 1. The van der Waals surface area contributed by atoms with Crippen LogP contribution in [0.15, 0.2) is 18.2 Å². The van der Waals surface area contributed by atoms with Crippen molar-refractivity contribution in [2.24, 2.45) is 0 Å². The van der Waals surface area contributed by atoms with Crippen LogP contribution in [0.1, 0.15) is 12.8 Å². The van der Waals surface area contributed by atoms with Crippen molar-refractivity contribution < 1.29 is 19.4 Å². The van der Waals surface area contributed by atoms with Gasteiger partial charge in [-0.3, -0.25) is 4.79 Å². The van der Waals surface area contributed by atoms with E-state index >= 15 is 0 Å². The average molecular weight is 334 g/mol. The third-order valence-electron chi connectivity index (χ3n) is 3.29. The van der Waals surface area contributed by atoms with Crippen molar-refractivity contribution in [2.75, 3.05) is 26.4 Å². The van der Waals surface area contributed by atoms with E-state index in [1.165, 1.54) is 0 Å². The second-order valence-electron chi connectivity index (χ2n) is 4.98. The highest BCUT2D eigenvalue weighted by Gasteiger charge is 2.30. The molecule has 5 nitrogen and oxygen atoms in total. The molecule has 0 spiro atoms. The minimum Gasteiger partial charge on any atom is -0.482 e. The summed E-state index contributed by atoms with van der Waals surface area (Å²) in [5.74, 6) is 0.0232. The van der Waals surface area contributed by atoms with Gasteiger partial charge in [-0.2, -0.15) is 0 Å². The Morgan fingerprint density at radius 1 is 1.38 bits per heavy atom. The molecule has 0 atom stereocenters. The second-order valence-corrected chi connectivity index (χ2v) is 5.82. The van der Waals surface area contributed by atoms with E-state index in [9.17, 15) is 9.90 Å². The zero-order chi connectivity index (χ0) is 15.3. The van der Waals surface area contributed by atoms with Crippen LogP contribution in [0.4, 0.5) is 0 Å². The Kier molecular flexibility index (Phi) is 5.70. The van der Waals surface area contributed by atoms with Crippen LogP contribution in [0, 0.1) is 0 Å². The van der Waals surface area contributed by atoms with Crippen LogP contribution in [-0.2, 0) is 9.53 Å². The minimum atomic E-state index is -0.901. The first kappa shape index (κ1) is 16.4. The molecule has 0 bridgehead atoms. The fraction of sp³-hybridized carbons (Fsp3) is 0.500. The number of benzene rings is 1. The Morgan fingerprint density at radius 3 is 2.81 bits per heavy atom. The number of halogens is 2. The molecule has 0 saturated carbocycles. The van der Waals surface area contributed by atoms with Crippen LogP contribution in [0.3, 0.4) is 0 Å². The van der Waals surface area contributed by atoms with Crippen molar-refractivity contribution in [3.05, 3.63) is 28.2 Å². The molecule has 21 heavy (non-hydrogen) atoms. The molecule has 116 valence electrons. The lowest BCUT2D eigenvalue weighted by Gasteiger charge is -2.32. The van der Waals surface area contributed by atoms with Crippen LogP contribution in [-0.4, -0.2) is 43.0 Å². The minimum absolute atomic E-state index is 0.182. The molecule has 0 aliphatic carbocycles. The Labute approximate surface area is 133 Å². The monoisotopic (exact) mass is 333 g/mol. The molecule has 1 aromatic carbocycles. The standard InChI is InChI=1S/C14H17Cl2NO4/c15-10-1-2-11(16)12(7-10)21-8-13(18)17-9-14(19)3-5-20-6-4-14/h1-2,7,19H,3-6,8-9H2,(H,17,18). The first-order chi connectivity index (χ1) is 9.98. The number of hydrogen-bond donors (Lipinski definition) is 2. The summed E-state index contributed by atoms with van der Waals surface area (Å²) in [7, 11) is 0. The third kappa shape index (κ3) is 5.04. The van der Waals surface area contributed by atoms with Gasteiger partial charge < -0.3 is 19.9 Å².